The van der Waals surface area contributed by atoms with Gasteiger partial charge in [-0.25, -0.2) is 0 Å². The second-order valence-corrected chi connectivity index (χ2v) is 6.69. The third-order valence-electron chi connectivity index (χ3n) is 5.47. The van der Waals surface area contributed by atoms with E-state index >= 15 is 0 Å². The van der Waals surface area contributed by atoms with E-state index in [0.717, 1.165) is 36.8 Å². The fraction of sp³-hybridized carbons (Fsp3) is 0.684. The Kier molecular flexibility index (Phi) is 2.57. The molecule has 1 aromatic carbocycles. The average molecular weight is 260 g/mol. The number of aryl methyl sites for hydroxylation is 2. The van der Waals surface area contributed by atoms with Crippen LogP contribution in [0.15, 0.2) is 18.2 Å². The number of benzene rings is 1. The van der Waals surface area contributed by atoms with E-state index in [0.29, 0.717) is 11.0 Å². The van der Waals surface area contributed by atoms with Crippen LogP contribution in [-0.4, -0.2) is 0 Å². The van der Waals surface area contributed by atoms with Crippen molar-refractivity contribution < 1.29 is 5.48 Å². The lowest BCUT2D eigenvalue weighted by atomic mass is 9.62. The minimum atomic E-state index is -2.09. The molecule has 0 aromatic heterocycles. The standard InChI is InChI=1S/C19H28/c1-15-6-7-18(14-16(15)2)17-8-12-19(13-9-17)10-4-3-5-11-19/h6-7,14,17H,3-5,8-13H2,1-2H3/i2D3,17D. The molecule has 19 heavy (non-hydrogen) atoms. The smallest absolute Gasteiger partial charge is 0.0352 e. The monoisotopic (exact) mass is 260 g/mol. The third-order valence-corrected chi connectivity index (χ3v) is 5.47. The Balaban J connectivity index is 1.82. The number of hydrogen-bond donors (Lipinski definition) is 0. The zero-order valence-corrected chi connectivity index (χ0v) is 12.1. The van der Waals surface area contributed by atoms with Crippen molar-refractivity contribution >= 4 is 0 Å². The SMILES string of the molecule is [2H]C([2H])([2H])c1cc(C2([2H])CCC3(CCCCC3)CC2)ccc1C. The van der Waals surface area contributed by atoms with Crippen molar-refractivity contribution in [2.45, 2.75) is 77.5 Å². The Morgan fingerprint density at radius 3 is 2.47 bits per heavy atom. The van der Waals surface area contributed by atoms with Crippen molar-refractivity contribution in [3.8, 4) is 0 Å². The highest BCUT2D eigenvalue weighted by atomic mass is 14.4. The average Bonchev–Trinajstić information content (AvgIpc) is 2.51. The largest absolute Gasteiger partial charge is 0.0588 e. The zero-order chi connectivity index (χ0) is 16.7. The van der Waals surface area contributed by atoms with Crippen molar-refractivity contribution in [2.24, 2.45) is 5.41 Å². The van der Waals surface area contributed by atoms with Crippen LogP contribution in [0.5, 0.6) is 0 Å². The zero-order valence-electron chi connectivity index (χ0n) is 16.1. The summed E-state index contributed by atoms with van der Waals surface area (Å²) in [6, 6.07) is 5.66. The lowest BCUT2D eigenvalue weighted by Crippen LogP contribution is -2.29. The van der Waals surface area contributed by atoms with Crippen molar-refractivity contribution in [1.29, 1.82) is 0 Å². The molecule has 0 amide bonds. The van der Waals surface area contributed by atoms with Crippen LogP contribution < -0.4 is 0 Å². The van der Waals surface area contributed by atoms with Gasteiger partial charge >= 0.3 is 0 Å². The van der Waals surface area contributed by atoms with Gasteiger partial charge in [0.1, 0.15) is 0 Å². The predicted octanol–water partition coefficient (Wildman–Crippen LogP) is 5.91. The maximum Gasteiger partial charge on any atom is 0.0352 e. The molecule has 0 saturated heterocycles. The topological polar surface area (TPSA) is 0 Å². The van der Waals surface area contributed by atoms with Crippen LogP contribution >= 0.6 is 0 Å². The summed E-state index contributed by atoms with van der Waals surface area (Å²) < 4.78 is 32.1. The highest BCUT2D eigenvalue weighted by Gasteiger charge is 2.36. The van der Waals surface area contributed by atoms with E-state index in [4.69, 9.17) is 5.48 Å². The summed E-state index contributed by atoms with van der Waals surface area (Å²) in [5, 5.41) is 0. The van der Waals surface area contributed by atoms with E-state index in [1.165, 1.54) is 32.1 Å². The Morgan fingerprint density at radius 2 is 1.79 bits per heavy atom. The summed E-state index contributed by atoms with van der Waals surface area (Å²) in [5.41, 5.74) is 2.61. The summed E-state index contributed by atoms with van der Waals surface area (Å²) in [6.45, 7) is -0.240. The van der Waals surface area contributed by atoms with Crippen LogP contribution in [0.1, 0.15) is 85.9 Å². The quantitative estimate of drug-likeness (QED) is 0.588. The van der Waals surface area contributed by atoms with Gasteiger partial charge in [-0.05, 0) is 80.3 Å². The second-order valence-electron chi connectivity index (χ2n) is 6.69. The second kappa shape index (κ2) is 5.31. The van der Waals surface area contributed by atoms with Gasteiger partial charge in [0.25, 0.3) is 0 Å². The molecule has 2 saturated carbocycles. The first-order valence-corrected chi connectivity index (χ1v) is 7.86. The summed E-state index contributed by atoms with van der Waals surface area (Å²) in [5.74, 6) is -0.601. The van der Waals surface area contributed by atoms with E-state index in [1.807, 2.05) is 19.1 Å². The molecule has 0 heteroatoms. The maximum absolute atomic E-state index is 8.95. The van der Waals surface area contributed by atoms with Crippen molar-refractivity contribution in [2.75, 3.05) is 0 Å². The summed E-state index contributed by atoms with van der Waals surface area (Å²) in [4.78, 5) is 0. The van der Waals surface area contributed by atoms with Crippen molar-refractivity contribution in [3.63, 3.8) is 0 Å². The minimum Gasteiger partial charge on any atom is -0.0588 e. The molecule has 0 nitrogen and oxygen atoms in total. The van der Waals surface area contributed by atoms with Gasteiger partial charge < -0.3 is 0 Å². The molecule has 0 aliphatic heterocycles. The van der Waals surface area contributed by atoms with Crippen LogP contribution in [0.3, 0.4) is 0 Å². The Bertz CT molecular complexity index is 557. The van der Waals surface area contributed by atoms with Gasteiger partial charge in [-0.3, -0.25) is 0 Å². The molecule has 104 valence electrons. The Hall–Kier alpha value is -0.780. The van der Waals surface area contributed by atoms with E-state index in [1.54, 1.807) is 6.07 Å². The summed E-state index contributed by atoms with van der Waals surface area (Å²) >= 11 is 0. The van der Waals surface area contributed by atoms with Crippen LogP contribution in [0.25, 0.3) is 0 Å². The Labute approximate surface area is 124 Å². The molecule has 2 fully saturated rings. The molecular formula is C19H28. The Morgan fingerprint density at radius 1 is 1.05 bits per heavy atom. The van der Waals surface area contributed by atoms with Gasteiger partial charge in [-0.15, -0.1) is 0 Å². The lowest BCUT2D eigenvalue weighted by molar-refractivity contribution is 0.114. The van der Waals surface area contributed by atoms with Crippen LogP contribution in [0.4, 0.5) is 0 Å². The highest BCUT2D eigenvalue weighted by molar-refractivity contribution is 5.32. The van der Waals surface area contributed by atoms with Gasteiger partial charge in [-0.1, -0.05) is 37.5 Å². The molecular weight excluding hydrogens is 228 g/mol. The molecule has 0 heterocycles. The molecule has 0 N–H and O–H groups in total. The first-order valence-electron chi connectivity index (χ1n) is 9.86. The molecule has 0 bridgehead atoms. The summed E-state index contributed by atoms with van der Waals surface area (Å²) in [7, 11) is 0. The molecule has 0 atom stereocenters. The molecule has 2 aliphatic rings. The molecule has 3 rings (SSSR count). The number of rotatable bonds is 1. The van der Waals surface area contributed by atoms with E-state index in [9.17, 15) is 0 Å². The van der Waals surface area contributed by atoms with Crippen molar-refractivity contribution in [3.05, 3.63) is 34.9 Å². The maximum atomic E-state index is 8.95. The van der Waals surface area contributed by atoms with Gasteiger partial charge in [0.05, 0.1) is 0 Å². The van der Waals surface area contributed by atoms with E-state index < -0.39 is 12.7 Å². The van der Waals surface area contributed by atoms with Crippen LogP contribution in [-0.2, 0) is 0 Å². The minimum absolute atomic E-state index is 0.416. The molecule has 2 aliphatic carbocycles. The van der Waals surface area contributed by atoms with Crippen LogP contribution in [0, 0.1) is 19.2 Å². The van der Waals surface area contributed by atoms with Gasteiger partial charge in [0.2, 0.25) is 0 Å². The summed E-state index contributed by atoms with van der Waals surface area (Å²) in [6.07, 6.45) is 10.7. The fourth-order valence-corrected chi connectivity index (χ4v) is 4.01. The fourth-order valence-electron chi connectivity index (χ4n) is 4.01. The lowest BCUT2D eigenvalue weighted by Gasteiger charge is -2.43. The normalized spacial score (nSPS) is 29.1. The van der Waals surface area contributed by atoms with Crippen LogP contribution in [0.2, 0.25) is 0 Å². The first-order chi connectivity index (χ1) is 10.7. The third kappa shape index (κ3) is 2.73. The van der Waals surface area contributed by atoms with Gasteiger partial charge in [0, 0.05) is 5.48 Å². The van der Waals surface area contributed by atoms with E-state index in [2.05, 4.69) is 0 Å². The number of hydrogen-bond acceptors (Lipinski definition) is 0. The molecule has 0 unspecified atom stereocenters. The van der Waals surface area contributed by atoms with E-state index in [-0.39, 0.29) is 0 Å². The molecule has 0 radical (unpaired) electrons. The molecule has 1 spiro atoms. The molecule has 1 aromatic rings. The predicted molar refractivity (Wildman–Crippen MR) is 82.6 cm³/mol. The first kappa shape index (κ1) is 9.21. The van der Waals surface area contributed by atoms with Gasteiger partial charge in [-0.2, -0.15) is 0 Å². The highest BCUT2D eigenvalue weighted by Crippen LogP contribution is 2.50. The van der Waals surface area contributed by atoms with Gasteiger partial charge in [0.15, 0.2) is 0 Å². The van der Waals surface area contributed by atoms with Crippen molar-refractivity contribution in [1.82, 2.24) is 0 Å².